The maximum atomic E-state index is 12.1. The van der Waals surface area contributed by atoms with Gasteiger partial charge in [-0.2, -0.15) is 0 Å². The van der Waals surface area contributed by atoms with Crippen molar-refractivity contribution in [1.82, 2.24) is 10.2 Å². The Bertz CT molecular complexity index is 432. The van der Waals surface area contributed by atoms with Gasteiger partial charge < -0.3 is 14.7 Å². The third-order valence-electron chi connectivity index (χ3n) is 3.48. The zero-order valence-corrected chi connectivity index (χ0v) is 11.7. The van der Waals surface area contributed by atoms with Gasteiger partial charge in [0.1, 0.15) is 0 Å². The van der Waals surface area contributed by atoms with Crippen LogP contribution >= 0.6 is 0 Å². The van der Waals surface area contributed by atoms with Crippen LogP contribution in [0.15, 0.2) is 0 Å². The van der Waals surface area contributed by atoms with E-state index >= 15 is 0 Å². The third kappa shape index (κ3) is 3.65. The van der Waals surface area contributed by atoms with Crippen LogP contribution in [0.5, 0.6) is 0 Å². The Morgan fingerprint density at radius 1 is 1.37 bits per heavy atom. The lowest BCUT2D eigenvalue weighted by Gasteiger charge is -2.30. The number of nitrogens with one attached hydrogen (secondary N) is 1. The molecule has 7 nitrogen and oxygen atoms in total. The number of amides is 1. The van der Waals surface area contributed by atoms with Crippen LogP contribution in [0.1, 0.15) is 6.92 Å². The van der Waals surface area contributed by atoms with E-state index in [0.717, 1.165) is 0 Å². The van der Waals surface area contributed by atoms with Crippen molar-refractivity contribution in [2.45, 2.75) is 25.1 Å². The van der Waals surface area contributed by atoms with Crippen molar-refractivity contribution in [3.05, 3.63) is 0 Å². The number of carbonyl (C=O) groups is 1. The fourth-order valence-electron chi connectivity index (χ4n) is 2.44. The summed E-state index contributed by atoms with van der Waals surface area (Å²) < 4.78 is 28.0. The highest BCUT2D eigenvalue weighted by Crippen LogP contribution is 2.13. The van der Waals surface area contributed by atoms with Gasteiger partial charge in [0.25, 0.3) is 0 Å². The van der Waals surface area contributed by atoms with Gasteiger partial charge in [-0.3, -0.25) is 10.1 Å². The number of ether oxygens (including phenoxy) is 1. The van der Waals surface area contributed by atoms with Gasteiger partial charge in [-0.1, -0.05) is 0 Å². The fraction of sp³-hybridized carbons (Fsp3) is 0.909. The Hall–Kier alpha value is -0.700. The van der Waals surface area contributed by atoms with Crippen LogP contribution in [-0.4, -0.2) is 80.3 Å². The first-order valence-corrected chi connectivity index (χ1v) is 8.22. The molecule has 0 aromatic carbocycles. The topological polar surface area (TPSA) is 95.9 Å². The highest BCUT2D eigenvalue weighted by molar-refractivity contribution is 7.91. The molecule has 3 atom stereocenters. The monoisotopic (exact) mass is 292 g/mol. The van der Waals surface area contributed by atoms with Crippen molar-refractivity contribution in [3.63, 3.8) is 0 Å². The van der Waals surface area contributed by atoms with Crippen molar-refractivity contribution < 1.29 is 23.1 Å². The Labute approximate surface area is 112 Å². The first-order valence-electron chi connectivity index (χ1n) is 6.40. The smallest absolute Gasteiger partial charge is 0.239 e. The van der Waals surface area contributed by atoms with E-state index in [0.29, 0.717) is 26.3 Å². The lowest BCUT2D eigenvalue weighted by molar-refractivity contribution is -0.137. The van der Waals surface area contributed by atoms with Crippen LogP contribution in [0, 0.1) is 0 Å². The van der Waals surface area contributed by atoms with E-state index in [1.165, 1.54) is 0 Å². The maximum Gasteiger partial charge on any atom is 0.239 e. The molecule has 110 valence electrons. The van der Waals surface area contributed by atoms with Crippen molar-refractivity contribution >= 4 is 15.7 Å². The number of hydrogen-bond donors (Lipinski definition) is 2. The summed E-state index contributed by atoms with van der Waals surface area (Å²) in [6, 6.07) is -1.07. The van der Waals surface area contributed by atoms with Crippen LogP contribution in [0.3, 0.4) is 0 Å². The molecule has 8 heteroatoms. The van der Waals surface area contributed by atoms with Gasteiger partial charge >= 0.3 is 0 Å². The van der Waals surface area contributed by atoms with Gasteiger partial charge in [-0.25, -0.2) is 8.42 Å². The lowest BCUT2D eigenvalue weighted by atomic mass is 10.1. The minimum atomic E-state index is -3.20. The van der Waals surface area contributed by atoms with Gasteiger partial charge in [-0.05, 0) is 6.92 Å². The van der Waals surface area contributed by atoms with E-state index in [9.17, 15) is 18.3 Å². The molecular formula is C11H20N2O5S. The minimum Gasteiger partial charge on any atom is -0.390 e. The molecule has 0 saturated carbocycles. The molecule has 0 radical (unpaired) electrons. The largest absolute Gasteiger partial charge is 0.390 e. The highest BCUT2D eigenvalue weighted by Gasteiger charge is 2.38. The quantitative estimate of drug-likeness (QED) is 0.623. The Morgan fingerprint density at radius 2 is 2.00 bits per heavy atom. The normalized spacial score (nSPS) is 32.2. The summed E-state index contributed by atoms with van der Waals surface area (Å²) in [5.41, 5.74) is 0. The number of aliphatic hydroxyl groups is 1. The molecule has 0 spiro atoms. The van der Waals surface area contributed by atoms with Gasteiger partial charge in [-0.15, -0.1) is 0 Å². The summed E-state index contributed by atoms with van der Waals surface area (Å²) in [6.45, 7) is 3.85. The molecule has 0 aromatic heterocycles. The summed E-state index contributed by atoms with van der Waals surface area (Å²) in [5, 5.41) is 12.6. The number of rotatable bonds is 3. The zero-order chi connectivity index (χ0) is 14.0. The SMILES string of the molecule is CC(NC1CS(=O)(=O)CC1O)C(=O)N1CCOCC1. The predicted molar refractivity (Wildman–Crippen MR) is 68.4 cm³/mol. The number of aliphatic hydroxyl groups excluding tert-OH is 1. The number of hydrogen-bond acceptors (Lipinski definition) is 6. The van der Waals surface area contributed by atoms with E-state index in [2.05, 4.69) is 5.32 Å². The van der Waals surface area contributed by atoms with Gasteiger partial charge in [0.05, 0.1) is 36.9 Å². The standard InChI is InChI=1S/C11H20N2O5S/c1-8(11(15)13-2-4-18-5-3-13)12-9-6-19(16,17)7-10(9)14/h8-10,12,14H,2-7H2,1H3. The molecule has 2 N–H and O–H groups in total. The summed E-state index contributed by atoms with van der Waals surface area (Å²) in [6.07, 6.45) is -0.940. The summed E-state index contributed by atoms with van der Waals surface area (Å²) in [4.78, 5) is 13.8. The average molecular weight is 292 g/mol. The predicted octanol–water partition coefficient (Wildman–Crippen LogP) is -2.02. The second-order valence-corrected chi connectivity index (χ2v) is 7.23. The summed E-state index contributed by atoms with van der Waals surface area (Å²) in [5.74, 6) is -0.433. The second-order valence-electron chi connectivity index (χ2n) is 5.08. The Morgan fingerprint density at radius 3 is 2.53 bits per heavy atom. The molecule has 2 heterocycles. The first-order chi connectivity index (χ1) is 8.89. The second kappa shape index (κ2) is 5.74. The van der Waals surface area contributed by atoms with E-state index in [1.54, 1.807) is 11.8 Å². The molecule has 3 unspecified atom stereocenters. The van der Waals surface area contributed by atoms with Gasteiger partial charge in [0, 0.05) is 19.1 Å². The Kier molecular flexibility index (Phi) is 4.44. The molecule has 19 heavy (non-hydrogen) atoms. The maximum absolute atomic E-state index is 12.1. The van der Waals surface area contributed by atoms with E-state index in [1.807, 2.05) is 0 Å². The van der Waals surface area contributed by atoms with Crippen molar-refractivity contribution in [1.29, 1.82) is 0 Å². The molecule has 2 aliphatic heterocycles. The highest BCUT2D eigenvalue weighted by atomic mass is 32.2. The molecular weight excluding hydrogens is 272 g/mol. The van der Waals surface area contributed by atoms with Crippen LogP contribution in [0.25, 0.3) is 0 Å². The van der Waals surface area contributed by atoms with Crippen molar-refractivity contribution in [2.75, 3.05) is 37.8 Å². The van der Waals surface area contributed by atoms with Crippen molar-refractivity contribution in [2.24, 2.45) is 0 Å². The molecule has 0 aromatic rings. The Balaban J connectivity index is 1.90. The molecule has 1 amide bonds. The van der Waals surface area contributed by atoms with Crippen LogP contribution in [0.2, 0.25) is 0 Å². The first kappa shape index (κ1) is 14.7. The molecule has 2 rings (SSSR count). The number of nitrogens with zero attached hydrogens (tertiary/aromatic N) is 1. The zero-order valence-electron chi connectivity index (χ0n) is 10.9. The fourth-order valence-corrected chi connectivity index (χ4v) is 4.19. The summed E-state index contributed by atoms with van der Waals surface area (Å²) in [7, 11) is -3.20. The van der Waals surface area contributed by atoms with E-state index in [4.69, 9.17) is 4.74 Å². The van der Waals surface area contributed by atoms with E-state index in [-0.39, 0.29) is 17.4 Å². The molecule has 0 bridgehead atoms. The molecule has 0 aliphatic carbocycles. The van der Waals surface area contributed by atoms with Gasteiger partial charge in [0.15, 0.2) is 9.84 Å². The number of carbonyl (C=O) groups excluding carboxylic acids is 1. The molecule has 2 saturated heterocycles. The lowest BCUT2D eigenvalue weighted by Crippen LogP contribution is -2.53. The van der Waals surface area contributed by atoms with Crippen LogP contribution in [-0.2, 0) is 19.4 Å². The molecule has 2 fully saturated rings. The molecule has 2 aliphatic rings. The minimum absolute atomic E-state index is 0.0835. The average Bonchev–Trinajstić information content (AvgIpc) is 2.62. The van der Waals surface area contributed by atoms with Crippen molar-refractivity contribution in [3.8, 4) is 0 Å². The van der Waals surface area contributed by atoms with Crippen LogP contribution in [0.4, 0.5) is 0 Å². The summed E-state index contributed by atoms with van der Waals surface area (Å²) >= 11 is 0. The third-order valence-corrected chi connectivity index (χ3v) is 5.20. The number of sulfone groups is 1. The van der Waals surface area contributed by atoms with E-state index < -0.39 is 28.0 Å². The number of morpholine rings is 1. The van der Waals surface area contributed by atoms with Crippen LogP contribution < -0.4 is 5.32 Å². The van der Waals surface area contributed by atoms with Gasteiger partial charge in [0.2, 0.25) is 5.91 Å².